The van der Waals surface area contributed by atoms with Gasteiger partial charge in [0.2, 0.25) is 0 Å². The molecule has 88 valence electrons. The van der Waals surface area contributed by atoms with Crippen LogP contribution in [0.15, 0.2) is 0 Å². The predicted octanol–water partition coefficient (Wildman–Crippen LogP) is 0.332. The summed E-state index contributed by atoms with van der Waals surface area (Å²) in [5, 5.41) is 3.29. The number of nitrogens with one attached hydrogen (secondary N) is 1. The molecule has 0 bridgehead atoms. The average Bonchev–Trinajstić information content (AvgIpc) is 2.15. The molecule has 0 aliphatic carbocycles. The molecule has 2 atom stereocenters. The molecule has 0 aromatic carbocycles. The molecule has 1 N–H and O–H groups in total. The summed E-state index contributed by atoms with van der Waals surface area (Å²) in [4.78, 5) is 0. The fourth-order valence-corrected chi connectivity index (χ4v) is 4.36. The Morgan fingerprint density at radius 1 is 1.53 bits per heavy atom. The first-order valence-corrected chi connectivity index (χ1v) is 7.46. The van der Waals surface area contributed by atoms with Gasteiger partial charge in [-0.3, -0.25) is 0 Å². The van der Waals surface area contributed by atoms with E-state index in [0.717, 1.165) is 25.8 Å². The first-order valence-electron chi connectivity index (χ1n) is 5.64. The molecule has 1 spiro atoms. The molecule has 2 heterocycles. The maximum atomic E-state index is 11.6. The highest BCUT2D eigenvalue weighted by Crippen LogP contribution is 2.30. The van der Waals surface area contributed by atoms with Crippen molar-refractivity contribution in [2.45, 2.75) is 37.9 Å². The van der Waals surface area contributed by atoms with Crippen LogP contribution < -0.4 is 5.32 Å². The summed E-state index contributed by atoms with van der Waals surface area (Å²) in [6.07, 6.45) is 2.72. The van der Waals surface area contributed by atoms with E-state index in [1.54, 1.807) is 0 Å². The van der Waals surface area contributed by atoms with Crippen LogP contribution in [0.2, 0.25) is 0 Å². The van der Waals surface area contributed by atoms with Crippen LogP contribution in [0.3, 0.4) is 0 Å². The summed E-state index contributed by atoms with van der Waals surface area (Å²) < 4.78 is 29.2. The van der Waals surface area contributed by atoms with Gasteiger partial charge in [-0.25, -0.2) is 8.42 Å². The van der Waals surface area contributed by atoms with E-state index < -0.39 is 15.4 Å². The highest BCUT2D eigenvalue weighted by atomic mass is 32.2. The maximum absolute atomic E-state index is 11.6. The van der Waals surface area contributed by atoms with Crippen molar-refractivity contribution in [3.63, 3.8) is 0 Å². The first kappa shape index (κ1) is 11.4. The van der Waals surface area contributed by atoms with Crippen LogP contribution >= 0.6 is 0 Å². The molecule has 2 fully saturated rings. The largest absolute Gasteiger partial charge is 0.368 e. The van der Waals surface area contributed by atoms with E-state index >= 15 is 0 Å². The summed E-state index contributed by atoms with van der Waals surface area (Å²) in [5.41, 5.74) is -0.435. The van der Waals surface area contributed by atoms with Crippen LogP contribution in [-0.4, -0.2) is 44.7 Å². The highest BCUT2D eigenvalue weighted by molar-refractivity contribution is 7.91. The van der Waals surface area contributed by atoms with E-state index in [4.69, 9.17) is 4.74 Å². The van der Waals surface area contributed by atoms with Crippen molar-refractivity contribution in [3.8, 4) is 0 Å². The van der Waals surface area contributed by atoms with E-state index in [9.17, 15) is 8.42 Å². The lowest BCUT2D eigenvalue weighted by Gasteiger charge is -2.43. The Labute approximate surface area is 91.3 Å². The van der Waals surface area contributed by atoms with Crippen LogP contribution in [0.5, 0.6) is 0 Å². The lowest BCUT2D eigenvalue weighted by molar-refractivity contribution is -0.109. The molecule has 0 amide bonds. The second-order valence-corrected chi connectivity index (χ2v) is 6.84. The van der Waals surface area contributed by atoms with Crippen molar-refractivity contribution < 1.29 is 13.2 Å². The van der Waals surface area contributed by atoms with Gasteiger partial charge in [0.1, 0.15) is 0 Å². The number of hydrogen-bond acceptors (Lipinski definition) is 4. The van der Waals surface area contributed by atoms with E-state index in [0.29, 0.717) is 12.3 Å². The highest BCUT2D eigenvalue weighted by Gasteiger charge is 2.43. The van der Waals surface area contributed by atoms with Crippen molar-refractivity contribution >= 4 is 9.84 Å². The van der Waals surface area contributed by atoms with Gasteiger partial charge in [0.25, 0.3) is 0 Å². The molecule has 0 aromatic heterocycles. The number of hydrogen-bond donors (Lipinski definition) is 1. The number of ether oxygens (including phenoxy) is 1. The monoisotopic (exact) mass is 233 g/mol. The minimum absolute atomic E-state index is 0.173. The number of rotatable bonds is 1. The zero-order valence-electron chi connectivity index (χ0n) is 9.16. The zero-order chi connectivity index (χ0) is 10.9. The Morgan fingerprint density at radius 3 is 3.00 bits per heavy atom. The van der Waals surface area contributed by atoms with Gasteiger partial charge < -0.3 is 10.1 Å². The molecule has 4 nitrogen and oxygen atoms in total. The molecule has 2 aliphatic rings. The first-order chi connectivity index (χ1) is 7.05. The van der Waals surface area contributed by atoms with E-state index in [1.165, 1.54) is 0 Å². The SMILES string of the molecule is CCC1CNCC2(CCCS(=O)(=O)C2)O1. The molecule has 2 unspecified atom stereocenters. The van der Waals surface area contributed by atoms with Gasteiger partial charge in [-0.15, -0.1) is 0 Å². The second kappa shape index (κ2) is 4.03. The van der Waals surface area contributed by atoms with Gasteiger partial charge in [-0.1, -0.05) is 6.92 Å². The summed E-state index contributed by atoms with van der Waals surface area (Å²) in [6, 6.07) is 0. The molecule has 15 heavy (non-hydrogen) atoms. The topological polar surface area (TPSA) is 55.4 Å². The zero-order valence-corrected chi connectivity index (χ0v) is 9.98. The minimum Gasteiger partial charge on any atom is -0.368 e. The molecule has 2 rings (SSSR count). The summed E-state index contributed by atoms with van der Waals surface area (Å²) >= 11 is 0. The lowest BCUT2D eigenvalue weighted by atomic mass is 9.97. The second-order valence-electron chi connectivity index (χ2n) is 4.66. The normalized spacial score (nSPS) is 40.5. The van der Waals surface area contributed by atoms with Crippen molar-refractivity contribution in [2.75, 3.05) is 24.6 Å². The third-order valence-corrected chi connectivity index (χ3v) is 5.14. The van der Waals surface area contributed by atoms with Crippen molar-refractivity contribution in [1.29, 1.82) is 0 Å². The maximum Gasteiger partial charge on any atom is 0.153 e. The van der Waals surface area contributed by atoms with Crippen molar-refractivity contribution in [2.24, 2.45) is 0 Å². The summed E-state index contributed by atoms with van der Waals surface area (Å²) in [5.74, 6) is 0.526. The Bertz CT molecular complexity index is 324. The predicted molar refractivity (Wildman–Crippen MR) is 58.7 cm³/mol. The fourth-order valence-electron chi connectivity index (χ4n) is 2.52. The standard InChI is InChI=1S/C10H19NO3S/c1-2-9-6-11-7-10(14-9)4-3-5-15(12,13)8-10/h9,11H,2-8H2,1H3. The van der Waals surface area contributed by atoms with Gasteiger partial charge in [0, 0.05) is 13.1 Å². The Morgan fingerprint density at radius 2 is 2.33 bits per heavy atom. The van der Waals surface area contributed by atoms with Crippen LogP contribution in [0.4, 0.5) is 0 Å². The van der Waals surface area contributed by atoms with Gasteiger partial charge in [0.15, 0.2) is 9.84 Å². The number of morpholine rings is 1. The Kier molecular flexibility index (Phi) is 3.05. The quantitative estimate of drug-likeness (QED) is 0.709. The molecular weight excluding hydrogens is 214 g/mol. The van der Waals surface area contributed by atoms with Gasteiger partial charge in [-0.2, -0.15) is 0 Å². The molecule has 0 saturated carbocycles. The van der Waals surface area contributed by atoms with Crippen LogP contribution in [0, 0.1) is 0 Å². The van der Waals surface area contributed by atoms with Crippen LogP contribution in [0.25, 0.3) is 0 Å². The molecule has 5 heteroatoms. The molecule has 0 radical (unpaired) electrons. The van der Waals surface area contributed by atoms with Gasteiger partial charge in [0.05, 0.1) is 23.2 Å². The van der Waals surface area contributed by atoms with Crippen LogP contribution in [-0.2, 0) is 14.6 Å². The van der Waals surface area contributed by atoms with Crippen molar-refractivity contribution in [3.05, 3.63) is 0 Å². The smallest absolute Gasteiger partial charge is 0.153 e. The molecule has 2 aliphatic heterocycles. The lowest BCUT2D eigenvalue weighted by Crippen LogP contribution is -2.58. The van der Waals surface area contributed by atoms with Crippen LogP contribution in [0.1, 0.15) is 26.2 Å². The molecule has 0 aromatic rings. The summed E-state index contributed by atoms with van der Waals surface area (Å²) in [6.45, 7) is 3.60. The Hall–Kier alpha value is -0.130. The fraction of sp³-hybridized carbons (Fsp3) is 1.00. The van der Waals surface area contributed by atoms with E-state index in [1.807, 2.05) is 0 Å². The van der Waals surface area contributed by atoms with E-state index in [2.05, 4.69) is 12.2 Å². The average molecular weight is 233 g/mol. The molecular formula is C10H19NO3S. The minimum atomic E-state index is -2.89. The third kappa shape index (κ3) is 2.52. The van der Waals surface area contributed by atoms with Gasteiger partial charge >= 0.3 is 0 Å². The van der Waals surface area contributed by atoms with Gasteiger partial charge in [-0.05, 0) is 19.3 Å². The van der Waals surface area contributed by atoms with Crippen molar-refractivity contribution in [1.82, 2.24) is 5.32 Å². The van der Waals surface area contributed by atoms with E-state index in [-0.39, 0.29) is 11.9 Å². The number of sulfone groups is 1. The third-order valence-electron chi connectivity index (χ3n) is 3.26. The summed E-state index contributed by atoms with van der Waals surface area (Å²) in [7, 11) is -2.89. The molecule has 2 saturated heterocycles. The Balaban J connectivity index is 2.11.